The van der Waals surface area contributed by atoms with Crippen LogP contribution in [0.2, 0.25) is 0 Å². The fourth-order valence-corrected chi connectivity index (χ4v) is 2.04. The third-order valence-electron chi connectivity index (χ3n) is 3.29. The van der Waals surface area contributed by atoms with Crippen LogP contribution in [0.5, 0.6) is 0 Å². The monoisotopic (exact) mass is 277 g/mol. The fraction of sp³-hybridized carbons (Fsp3) is 0.467. The standard InChI is InChI=1S/C15H23N3O2/c1-4-18(10-12(3)15(16)17-20)14(19)9-13-7-5-6-11(2)8-13/h5-8,12,20H,4,9-10H2,1-3H3,(H2,16,17). The van der Waals surface area contributed by atoms with Crippen molar-refractivity contribution in [1.82, 2.24) is 4.90 Å². The zero-order valence-electron chi connectivity index (χ0n) is 12.3. The van der Waals surface area contributed by atoms with Crippen molar-refractivity contribution in [2.75, 3.05) is 13.1 Å². The van der Waals surface area contributed by atoms with Gasteiger partial charge in [-0.2, -0.15) is 0 Å². The highest BCUT2D eigenvalue weighted by molar-refractivity contribution is 5.83. The number of benzene rings is 1. The van der Waals surface area contributed by atoms with E-state index in [0.29, 0.717) is 19.5 Å². The van der Waals surface area contributed by atoms with E-state index >= 15 is 0 Å². The molecule has 1 aromatic carbocycles. The first-order valence-electron chi connectivity index (χ1n) is 6.78. The SMILES string of the molecule is CCN(CC(C)C(N)=NO)C(=O)Cc1cccc(C)c1. The van der Waals surface area contributed by atoms with Crippen LogP contribution in [-0.4, -0.2) is 34.9 Å². The van der Waals surface area contributed by atoms with Crippen molar-refractivity contribution >= 4 is 11.7 Å². The lowest BCUT2D eigenvalue weighted by molar-refractivity contribution is -0.130. The summed E-state index contributed by atoms with van der Waals surface area (Å²) in [5.74, 6) is 0.0314. The van der Waals surface area contributed by atoms with Gasteiger partial charge in [0.1, 0.15) is 5.84 Å². The molecule has 1 amide bonds. The Kier molecular flexibility index (Phi) is 6.03. The maximum absolute atomic E-state index is 12.3. The molecule has 110 valence electrons. The number of carbonyl (C=O) groups is 1. The van der Waals surface area contributed by atoms with Gasteiger partial charge in [-0.15, -0.1) is 0 Å². The minimum absolute atomic E-state index is 0.0516. The Bertz CT molecular complexity index is 486. The van der Waals surface area contributed by atoms with Gasteiger partial charge in [0.05, 0.1) is 6.42 Å². The Morgan fingerprint density at radius 2 is 2.20 bits per heavy atom. The second kappa shape index (κ2) is 7.53. The summed E-state index contributed by atoms with van der Waals surface area (Å²) in [6.07, 6.45) is 0.373. The quantitative estimate of drug-likeness (QED) is 0.360. The van der Waals surface area contributed by atoms with Crippen LogP contribution in [0.4, 0.5) is 0 Å². The van der Waals surface area contributed by atoms with Gasteiger partial charge in [-0.1, -0.05) is 41.9 Å². The molecule has 0 spiro atoms. The third-order valence-corrected chi connectivity index (χ3v) is 3.29. The van der Waals surface area contributed by atoms with Gasteiger partial charge >= 0.3 is 0 Å². The molecule has 0 saturated heterocycles. The van der Waals surface area contributed by atoms with E-state index < -0.39 is 0 Å². The number of hydrogen-bond acceptors (Lipinski definition) is 3. The molecule has 0 saturated carbocycles. The molecular weight excluding hydrogens is 254 g/mol. The Hall–Kier alpha value is -2.04. The van der Waals surface area contributed by atoms with Gasteiger partial charge in [-0.25, -0.2) is 0 Å². The molecular formula is C15H23N3O2. The number of carbonyl (C=O) groups excluding carboxylic acids is 1. The Balaban J connectivity index is 2.68. The highest BCUT2D eigenvalue weighted by Crippen LogP contribution is 2.08. The summed E-state index contributed by atoms with van der Waals surface area (Å²) in [5, 5.41) is 11.6. The van der Waals surface area contributed by atoms with Crippen LogP contribution in [0.3, 0.4) is 0 Å². The largest absolute Gasteiger partial charge is 0.409 e. The Morgan fingerprint density at radius 3 is 2.75 bits per heavy atom. The third kappa shape index (κ3) is 4.57. The summed E-state index contributed by atoms with van der Waals surface area (Å²) in [7, 11) is 0. The lowest BCUT2D eigenvalue weighted by Gasteiger charge is -2.24. The topological polar surface area (TPSA) is 78.9 Å². The van der Waals surface area contributed by atoms with Crippen LogP contribution >= 0.6 is 0 Å². The van der Waals surface area contributed by atoms with Gasteiger partial charge in [0.25, 0.3) is 0 Å². The first kappa shape index (κ1) is 16.0. The van der Waals surface area contributed by atoms with Crippen LogP contribution in [0.1, 0.15) is 25.0 Å². The number of aryl methyl sites for hydroxylation is 1. The average Bonchev–Trinajstić information content (AvgIpc) is 2.43. The smallest absolute Gasteiger partial charge is 0.227 e. The maximum Gasteiger partial charge on any atom is 0.227 e. The van der Waals surface area contributed by atoms with Gasteiger partial charge in [-0.3, -0.25) is 4.79 Å². The molecule has 0 aliphatic carbocycles. The number of amidine groups is 1. The molecule has 0 bridgehead atoms. The van der Waals surface area contributed by atoms with Gasteiger partial charge in [0.2, 0.25) is 5.91 Å². The van der Waals surface area contributed by atoms with Crippen molar-refractivity contribution in [2.45, 2.75) is 27.2 Å². The maximum atomic E-state index is 12.3. The summed E-state index contributed by atoms with van der Waals surface area (Å²) < 4.78 is 0. The van der Waals surface area contributed by atoms with Crippen LogP contribution in [0, 0.1) is 12.8 Å². The molecule has 20 heavy (non-hydrogen) atoms. The normalized spacial score (nSPS) is 13.1. The number of likely N-dealkylation sites (N-methyl/N-ethyl adjacent to an activating group) is 1. The molecule has 0 heterocycles. The van der Waals surface area contributed by atoms with Gasteiger partial charge in [0, 0.05) is 19.0 Å². The summed E-state index contributed by atoms with van der Waals surface area (Å²) in [5.41, 5.74) is 7.70. The molecule has 0 aliphatic rings. The molecule has 1 atom stereocenters. The zero-order valence-corrected chi connectivity index (χ0v) is 12.3. The van der Waals surface area contributed by atoms with E-state index in [0.717, 1.165) is 11.1 Å². The molecule has 1 aromatic rings. The van der Waals surface area contributed by atoms with Gasteiger partial charge in [-0.05, 0) is 19.4 Å². The lowest BCUT2D eigenvalue weighted by Crippen LogP contribution is -2.39. The van der Waals surface area contributed by atoms with Crippen molar-refractivity contribution < 1.29 is 10.0 Å². The van der Waals surface area contributed by atoms with Crippen molar-refractivity contribution in [1.29, 1.82) is 0 Å². The second-order valence-electron chi connectivity index (χ2n) is 5.02. The van der Waals surface area contributed by atoms with E-state index in [-0.39, 0.29) is 17.7 Å². The number of hydrogen-bond donors (Lipinski definition) is 2. The molecule has 0 aliphatic heterocycles. The minimum Gasteiger partial charge on any atom is -0.409 e. The predicted octanol–water partition coefficient (Wildman–Crippen LogP) is 1.77. The summed E-state index contributed by atoms with van der Waals surface area (Å²) in [4.78, 5) is 14.0. The van der Waals surface area contributed by atoms with Gasteiger partial charge < -0.3 is 15.8 Å². The average molecular weight is 277 g/mol. The van der Waals surface area contributed by atoms with E-state index in [1.165, 1.54) is 0 Å². The highest BCUT2D eigenvalue weighted by Gasteiger charge is 2.17. The molecule has 0 radical (unpaired) electrons. The first-order valence-corrected chi connectivity index (χ1v) is 6.78. The first-order chi connectivity index (χ1) is 9.47. The van der Waals surface area contributed by atoms with E-state index in [9.17, 15) is 4.79 Å². The Morgan fingerprint density at radius 1 is 1.50 bits per heavy atom. The number of rotatable bonds is 6. The molecule has 1 unspecified atom stereocenters. The van der Waals surface area contributed by atoms with E-state index in [1.54, 1.807) is 4.90 Å². The van der Waals surface area contributed by atoms with Crippen molar-refractivity contribution in [3.05, 3.63) is 35.4 Å². The zero-order chi connectivity index (χ0) is 15.1. The number of oxime groups is 1. The highest BCUT2D eigenvalue weighted by atomic mass is 16.4. The van der Waals surface area contributed by atoms with Crippen LogP contribution in [-0.2, 0) is 11.2 Å². The van der Waals surface area contributed by atoms with Crippen LogP contribution in [0.25, 0.3) is 0 Å². The fourth-order valence-electron chi connectivity index (χ4n) is 2.04. The lowest BCUT2D eigenvalue weighted by atomic mass is 10.1. The molecule has 5 nitrogen and oxygen atoms in total. The van der Waals surface area contributed by atoms with Crippen molar-refractivity contribution in [2.24, 2.45) is 16.8 Å². The van der Waals surface area contributed by atoms with Crippen molar-refractivity contribution in [3.63, 3.8) is 0 Å². The van der Waals surface area contributed by atoms with Crippen LogP contribution in [0.15, 0.2) is 29.4 Å². The van der Waals surface area contributed by atoms with E-state index in [1.807, 2.05) is 45.0 Å². The molecule has 5 heteroatoms. The molecule has 0 aromatic heterocycles. The second-order valence-corrected chi connectivity index (χ2v) is 5.02. The number of nitrogens with two attached hydrogens (primary N) is 1. The van der Waals surface area contributed by atoms with Crippen molar-refractivity contribution in [3.8, 4) is 0 Å². The van der Waals surface area contributed by atoms with Gasteiger partial charge in [0.15, 0.2) is 0 Å². The minimum atomic E-state index is -0.165. The molecule has 0 fully saturated rings. The van der Waals surface area contributed by atoms with Crippen LogP contribution < -0.4 is 5.73 Å². The molecule has 3 N–H and O–H groups in total. The summed E-state index contributed by atoms with van der Waals surface area (Å²) in [6.45, 7) is 6.82. The number of nitrogens with zero attached hydrogens (tertiary/aromatic N) is 2. The predicted molar refractivity (Wildman–Crippen MR) is 79.7 cm³/mol. The van der Waals surface area contributed by atoms with E-state index in [4.69, 9.17) is 10.9 Å². The summed E-state index contributed by atoms with van der Waals surface area (Å²) in [6, 6.07) is 7.92. The summed E-state index contributed by atoms with van der Waals surface area (Å²) >= 11 is 0. The molecule has 1 rings (SSSR count). The Labute approximate surface area is 120 Å². The number of amides is 1. The van der Waals surface area contributed by atoms with E-state index in [2.05, 4.69) is 5.16 Å².